The van der Waals surface area contributed by atoms with E-state index in [1.54, 1.807) is 0 Å². The van der Waals surface area contributed by atoms with E-state index in [-0.39, 0.29) is 0 Å². The van der Waals surface area contributed by atoms with Gasteiger partial charge in [0.15, 0.2) is 0 Å². The molecular formula is C14H26IN. The molecule has 1 nitrogen and oxygen atoms in total. The molecule has 2 saturated carbocycles. The molecule has 0 radical (unpaired) electrons. The molecule has 2 N–H and O–H groups in total. The highest BCUT2D eigenvalue weighted by atomic mass is 127. The number of halogens is 1. The number of alkyl halides is 1. The molecular weight excluding hydrogens is 309 g/mol. The Labute approximate surface area is 114 Å². The summed E-state index contributed by atoms with van der Waals surface area (Å²) in [7, 11) is 0. The van der Waals surface area contributed by atoms with Crippen LogP contribution in [-0.4, -0.2) is 9.97 Å². The summed E-state index contributed by atoms with van der Waals surface area (Å²) in [5, 5.41) is 0. The van der Waals surface area contributed by atoms with Crippen molar-refractivity contribution in [1.82, 2.24) is 0 Å². The van der Waals surface area contributed by atoms with E-state index in [4.69, 9.17) is 5.73 Å². The molecule has 2 rings (SSSR count). The summed E-state index contributed by atoms with van der Waals surface area (Å²) in [6.45, 7) is 4.76. The molecule has 0 aromatic heterocycles. The Morgan fingerprint density at radius 1 is 0.875 bits per heavy atom. The molecule has 6 unspecified atom stereocenters. The first-order chi connectivity index (χ1) is 7.58. The van der Waals surface area contributed by atoms with Crippen molar-refractivity contribution in [2.75, 3.05) is 0 Å². The van der Waals surface area contributed by atoms with Crippen LogP contribution in [0.5, 0.6) is 0 Å². The van der Waals surface area contributed by atoms with E-state index in [9.17, 15) is 0 Å². The van der Waals surface area contributed by atoms with E-state index in [0.717, 1.165) is 27.6 Å². The average Bonchev–Trinajstić information content (AvgIpc) is 2.26. The van der Waals surface area contributed by atoms with Crippen LogP contribution in [-0.2, 0) is 0 Å². The highest BCUT2D eigenvalue weighted by Gasteiger charge is 2.34. The summed E-state index contributed by atoms with van der Waals surface area (Å²) >= 11 is 2.65. The van der Waals surface area contributed by atoms with Crippen LogP contribution >= 0.6 is 22.6 Å². The summed E-state index contributed by atoms with van der Waals surface area (Å²) in [5.41, 5.74) is 6.24. The largest absolute Gasteiger partial charge is 0.327 e. The minimum absolute atomic E-state index is 0.478. The van der Waals surface area contributed by atoms with Gasteiger partial charge in [-0.15, -0.1) is 0 Å². The number of hydrogen-bond acceptors (Lipinski definition) is 1. The normalized spacial score (nSPS) is 50.2. The molecule has 2 aliphatic rings. The quantitative estimate of drug-likeness (QED) is 0.569. The van der Waals surface area contributed by atoms with Gasteiger partial charge in [0.1, 0.15) is 0 Å². The first kappa shape index (κ1) is 13.1. The minimum atomic E-state index is 0.478. The van der Waals surface area contributed by atoms with Gasteiger partial charge in [-0.1, -0.05) is 36.4 Å². The van der Waals surface area contributed by atoms with E-state index in [0.29, 0.717) is 6.04 Å². The molecule has 2 fully saturated rings. The Hall–Kier alpha value is 0.690. The van der Waals surface area contributed by atoms with Crippen LogP contribution in [0.3, 0.4) is 0 Å². The second-order valence-corrected chi connectivity index (χ2v) is 7.88. The van der Waals surface area contributed by atoms with Crippen molar-refractivity contribution in [1.29, 1.82) is 0 Å². The Morgan fingerprint density at radius 2 is 1.50 bits per heavy atom. The molecule has 94 valence electrons. The zero-order valence-corrected chi connectivity index (χ0v) is 12.8. The molecule has 0 saturated heterocycles. The lowest BCUT2D eigenvalue weighted by atomic mass is 9.68. The zero-order valence-electron chi connectivity index (χ0n) is 10.7. The monoisotopic (exact) mass is 335 g/mol. The van der Waals surface area contributed by atoms with Gasteiger partial charge < -0.3 is 5.73 Å². The van der Waals surface area contributed by atoms with E-state index in [1.807, 2.05) is 0 Å². The third-order valence-electron chi connectivity index (χ3n) is 5.07. The van der Waals surface area contributed by atoms with E-state index >= 15 is 0 Å². The van der Waals surface area contributed by atoms with E-state index in [1.165, 1.54) is 38.5 Å². The van der Waals surface area contributed by atoms with E-state index in [2.05, 4.69) is 36.4 Å². The Morgan fingerprint density at radius 3 is 2.12 bits per heavy atom. The van der Waals surface area contributed by atoms with Crippen LogP contribution in [0.1, 0.15) is 52.4 Å². The van der Waals surface area contributed by atoms with Crippen LogP contribution in [0.15, 0.2) is 0 Å². The Kier molecular flexibility index (Phi) is 4.56. The Balaban J connectivity index is 1.88. The van der Waals surface area contributed by atoms with Crippen molar-refractivity contribution >= 4 is 22.6 Å². The van der Waals surface area contributed by atoms with Gasteiger partial charge in [0.2, 0.25) is 0 Å². The summed E-state index contributed by atoms with van der Waals surface area (Å²) in [5.74, 6) is 3.61. The van der Waals surface area contributed by atoms with Crippen molar-refractivity contribution < 1.29 is 0 Å². The lowest BCUT2D eigenvalue weighted by Crippen LogP contribution is -2.39. The number of nitrogens with two attached hydrogens (primary N) is 1. The van der Waals surface area contributed by atoms with Crippen LogP contribution in [0.4, 0.5) is 0 Å². The lowest BCUT2D eigenvalue weighted by molar-refractivity contribution is 0.140. The predicted octanol–water partition coefficient (Wildman–Crippen LogP) is 3.99. The van der Waals surface area contributed by atoms with E-state index < -0.39 is 0 Å². The molecule has 16 heavy (non-hydrogen) atoms. The highest BCUT2D eigenvalue weighted by molar-refractivity contribution is 14.1. The van der Waals surface area contributed by atoms with Gasteiger partial charge in [-0.3, -0.25) is 0 Å². The summed E-state index contributed by atoms with van der Waals surface area (Å²) in [4.78, 5) is 0. The lowest BCUT2D eigenvalue weighted by Gasteiger charge is -2.41. The molecule has 0 aliphatic heterocycles. The van der Waals surface area contributed by atoms with Gasteiger partial charge in [0.05, 0.1) is 0 Å². The fourth-order valence-corrected chi connectivity index (χ4v) is 4.30. The molecule has 0 spiro atoms. The number of hydrogen-bond donors (Lipinski definition) is 1. The van der Waals surface area contributed by atoms with Crippen LogP contribution in [0, 0.1) is 23.7 Å². The molecule has 0 bridgehead atoms. The van der Waals surface area contributed by atoms with Crippen LogP contribution in [0.2, 0.25) is 0 Å². The fourth-order valence-electron chi connectivity index (χ4n) is 3.65. The molecule has 2 heteroatoms. The first-order valence-corrected chi connectivity index (χ1v) is 8.22. The minimum Gasteiger partial charge on any atom is -0.327 e. The molecule has 0 heterocycles. The molecule has 0 amide bonds. The molecule has 6 atom stereocenters. The average molecular weight is 335 g/mol. The number of rotatable bonds is 1. The van der Waals surface area contributed by atoms with Crippen LogP contribution in [0.25, 0.3) is 0 Å². The molecule has 0 aromatic carbocycles. The maximum atomic E-state index is 6.24. The smallest absolute Gasteiger partial charge is 0.0135 e. The van der Waals surface area contributed by atoms with Crippen molar-refractivity contribution in [3.8, 4) is 0 Å². The van der Waals surface area contributed by atoms with Crippen molar-refractivity contribution in [3.63, 3.8) is 0 Å². The summed E-state index contributed by atoms with van der Waals surface area (Å²) in [6, 6.07) is 0.478. The predicted molar refractivity (Wildman–Crippen MR) is 78.8 cm³/mol. The van der Waals surface area contributed by atoms with Crippen molar-refractivity contribution in [2.45, 2.75) is 62.3 Å². The topological polar surface area (TPSA) is 26.0 Å². The zero-order chi connectivity index (χ0) is 11.7. The third-order valence-corrected chi connectivity index (χ3v) is 6.92. The SMILES string of the molecule is CC1CCC(C2CCC(I)C(C)C2)CC1N. The molecule has 2 aliphatic carbocycles. The van der Waals surface area contributed by atoms with Crippen molar-refractivity contribution in [3.05, 3.63) is 0 Å². The second-order valence-electron chi connectivity index (χ2n) is 6.28. The van der Waals surface area contributed by atoms with Gasteiger partial charge in [0.25, 0.3) is 0 Å². The third kappa shape index (κ3) is 2.92. The molecule has 0 aromatic rings. The van der Waals surface area contributed by atoms with Crippen LogP contribution < -0.4 is 5.73 Å². The van der Waals surface area contributed by atoms with Gasteiger partial charge in [-0.25, -0.2) is 0 Å². The summed E-state index contributed by atoms with van der Waals surface area (Å²) in [6.07, 6.45) is 8.46. The summed E-state index contributed by atoms with van der Waals surface area (Å²) < 4.78 is 0.921. The standard InChI is InChI=1S/C14H26IN/c1-9-3-4-12(8-14(9)16)11-5-6-13(15)10(2)7-11/h9-14H,3-8,16H2,1-2H3. The second kappa shape index (κ2) is 5.55. The van der Waals surface area contributed by atoms with Gasteiger partial charge >= 0.3 is 0 Å². The van der Waals surface area contributed by atoms with Crippen molar-refractivity contribution in [2.24, 2.45) is 29.4 Å². The fraction of sp³-hybridized carbons (Fsp3) is 1.00. The first-order valence-electron chi connectivity index (χ1n) is 6.97. The maximum absolute atomic E-state index is 6.24. The van der Waals surface area contributed by atoms with Gasteiger partial charge in [-0.2, -0.15) is 0 Å². The van der Waals surface area contributed by atoms with Gasteiger partial charge in [-0.05, 0) is 62.2 Å². The Bertz CT molecular complexity index is 207. The van der Waals surface area contributed by atoms with Gasteiger partial charge in [0, 0.05) is 9.97 Å². The maximum Gasteiger partial charge on any atom is 0.0135 e. The highest BCUT2D eigenvalue weighted by Crippen LogP contribution is 2.42.